The summed E-state index contributed by atoms with van der Waals surface area (Å²) in [4.78, 5) is 12.2. The van der Waals surface area contributed by atoms with Gasteiger partial charge in [-0.05, 0) is 38.3 Å². The summed E-state index contributed by atoms with van der Waals surface area (Å²) in [6.07, 6.45) is 1.84. The number of rotatable bonds is 2. The molecule has 6 nitrogen and oxygen atoms in total. The summed E-state index contributed by atoms with van der Waals surface area (Å²) >= 11 is 0. The molecule has 20 heavy (non-hydrogen) atoms. The quantitative estimate of drug-likeness (QED) is 0.819. The van der Waals surface area contributed by atoms with Crippen molar-refractivity contribution in [1.29, 1.82) is 0 Å². The predicted octanol–water partition coefficient (Wildman–Crippen LogP) is 0.445. The Morgan fingerprint density at radius 1 is 1.40 bits per heavy atom. The molecule has 1 saturated carbocycles. The number of hydrogen-bond donors (Lipinski definition) is 2. The van der Waals surface area contributed by atoms with Gasteiger partial charge in [-0.2, -0.15) is 5.10 Å². The van der Waals surface area contributed by atoms with Crippen LogP contribution in [0, 0.1) is 12.3 Å². The van der Waals surface area contributed by atoms with Crippen LogP contribution in [0.3, 0.4) is 0 Å². The highest BCUT2D eigenvalue weighted by Crippen LogP contribution is 2.48. The molecular weight excluding hydrogens is 258 g/mol. The van der Waals surface area contributed by atoms with Crippen LogP contribution in [-0.4, -0.2) is 46.6 Å². The van der Waals surface area contributed by atoms with E-state index < -0.39 is 0 Å². The lowest BCUT2D eigenvalue weighted by Crippen LogP contribution is -2.65. The molecule has 3 rings (SSSR count). The molecular formula is C14H19N3O3. The van der Waals surface area contributed by atoms with Crippen molar-refractivity contribution in [2.24, 2.45) is 5.41 Å². The van der Waals surface area contributed by atoms with Gasteiger partial charge in [0.15, 0.2) is 5.69 Å². The highest BCUT2D eigenvalue weighted by atomic mass is 16.5. The van der Waals surface area contributed by atoms with Gasteiger partial charge in [0.2, 0.25) is 0 Å². The van der Waals surface area contributed by atoms with E-state index in [-0.39, 0.29) is 23.5 Å². The van der Waals surface area contributed by atoms with Gasteiger partial charge in [0, 0.05) is 24.7 Å². The van der Waals surface area contributed by atoms with E-state index in [9.17, 15) is 9.90 Å². The van der Waals surface area contributed by atoms with Crippen LogP contribution in [0.4, 0.5) is 0 Å². The van der Waals surface area contributed by atoms with E-state index in [2.05, 4.69) is 15.5 Å². The molecule has 2 atom stereocenters. The van der Waals surface area contributed by atoms with Crippen molar-refractivity contribution >= 4 is 5.91 Å². The zero-order valence-corrected chi connectivity index (χ0v) is 11.5. The van der Waals surface area contributed by atoms with Gasteiger partial charge >= 0.3 is 0 Å². The summed E-state index contributed by atoms with van der Waals surface area (Å²) in [7, 11) is 0. The van der Waals surface area contributed by atoms with Crippen molar-refractivity contribution in [1.82, 2.24) is 15.5 Å². The van der Waals surface area contributed by atoms with Crippen LogP contribution in [0.25, 0.3) is 0 Å². The Bertz CT molecular complexity index is 497. The van der Waals surface area contributed by atoms with Crippen LogP contribution in [-0.2, 0) is 4.74 Å². The molecule has 0 radical (unpaired) electrons. The SMILES string of the molecule is Cc1ccc(C(=O)N[C@@H]2C[C@@H](O)C23CCOCC3)nn1. The number of aliphatic hydroxyl groups is 1. The van der Waals surface area contributed by atoms with Crippen molar-refractivity contribution in [3.63, 3.8) is 0 Å². The van der Waals surface area contributed by atoms with Gasteiger partial charge in [-0.3, -0.25) is 4.79 Å². The number of amides is 1. The molecule has 0 unspecified atom stereocenters. The minimum atomic E-state index is -0.346. The Morgan fingerprint density at radius 2 is 2.15 bits per heavy atom. The molecule has 2 heterocycles. The maximum atomic E-state index is 12.2. The minimum absolute atomic E-state index is 0.00277. The summed E-state index contributed by atoms with van der Waals surface area (Å²) in [5.41, 5.74) is 0.882. The van der Waals surface area contributed by atoms with Gasteiger partial charge in [-0.1, -0.05) is 0 Å². The van der Waals surface area contributed by atoms with Gasteiger partial charge in [-0.25, -0.2) is 0 Å². The fourth-order valence-electron chi connectivity index (χ4n) is 3.15. The van der Waals surface area contributed by atoms with Gasteiger partial charge in [0.25, 0.3) is 5.91 Å². The Labute approximate surface area is 117 Å². The first-order valence-corrected chi connectivity index (χ1v) is 6.99. The average molecular weight is 277 g/mol. The molecule has 1 amide bonds. The molecule has 1 aromatic rings. The van der Waals surface area contributed by atoms with Crippen molar-refractivity contribution in [2.75, 3.05) is 13.2 Å². The molecule has 0 aromatic carbocycles. The van der Waals surface area contributed by atoms with Gasteiger partial charge in [0.1, 0.15) is 0 Å². The Morgan fingerprint density at radius 3 is 2.75 bits per heavy atom. The average Bonchev–Trinajstić information content (AvgIpc) is 2.48. The van der Waals surface area contributed by atoms with E-state index >= 15 is 0 Å². The number of ether oxygens (including phenoxy) is 1. The zero-order chi connectivity index (χ0) is 14.2. The van der Waals surface area contributed by atoms with E-state index in [0.29, 0.717) is 25.3 Å². The molecule has 1 aliphatic carbocycles. The first-order chi connectivity index (χ1) is 9.62. The van der Waals surface area contributed by atoms with E-state index in [1.54, 1.807) is 12.1 Å². The van der Waals surface area contributed by atoms with E-state index in [4.69, 9.17) is 4.74 Å². The standard InChI is InChI=1S/C14H19N3O3/c1-9-2-3-10(17-16-9)13(19)15-11-8-12(18)14(11)4-6-20-7-5-14/h2-3,11-12,18H,4-8H2,1H3,(H,15,19)/t11-,12-/m1/s1. The lowest BCUT2D eigenvalue weighted by molar-refractivity contribution is -0.145. The van der Waals surface area contributed by atoms with Gasteiger partial charge < -0.3 is 15.2 Å². The van der Waals surface area contributed by atoms with Gasteiger partial charge in [-0.15, -0.1) is 5.10 Å². The molecule has 6 heteroatoms. The van der Waals surface area contributed by atoms with Gasteiger partial charge in [0.05, 0.1) is 11.8 Å². The first kappa shape index (κ1) is 13.5. The van der Waals surface area contributed by atoms with Crippen LogP contribution in [0.5, 0.6) is 0 Å². The summed E-state index contributed by atoms with van der Waals surface area (Å²) in [5, 5.41) is 20.8. The van der Waals surface area contributed by atoms with Crippen LogP contribution >= 0.6 is 0 Å². The van der Waals surface area contributed by atoms with E-state index in [1.807, 2.05) is 6.92 Å². The smallest absolute Gasteiger partial charge is 0.272 e. The summed E-state index contributed by atoms with van der Waals surface area (Å²) in [6.45, 7) is 3.12. The van der Waals surface area contributed by atoms with Crippen molar-refractivity contribution in [3.05, 3.63) is 23.5 Å². The monoisotopic (exact) mass is 277 g/mol. The van der Waals surface area contributed by atoms with Crippen molar-refractivity contribution in [3.8, 4) is 0 Å². The number of aliphatic hydroxyl groups excluding tert-OH is 1. The fraction of sp³-hybridized carbons (Fsp3) is 0.643. The number of carbonyl (C=O) groups excluding carboxylic acids is 1. The van der Waals surface area contributed by atoms with Crippen LogP contribution in [0.15, 0.2) is 12.1 Å². The third kappa shape index (κ3) is 2.19. The molecule has 2 aliphatic rings. The van der Waals surface area contributed by atoms with E-state index in [0.717, 1.165) is 18.5 Å². The predicted molar refractivity (Wildman–Crippen MR) is 71.1 cm³/mol. The molecule has 2 fully saturated rings. The summed E-state index contributed by atoms with van der Waals surface area (Å²) in [5.74, 6) is -0.222. The third-order valence-electron chi connectivity index (χ3n) is 4.58. The first-order valence-electron chi connectivity index (χ1n) is 6.99. The Kier molecular flexibility index (Phi) is 3.43. The largest absolute Gasteiger partial charge is 0.392 e. The maximum absolute atomic E-state index is 12.2. The maximum Gasteiger partial charge on any atom is 0.272 e. The molecule has 108 valence electrons. The lowest BCUT2D eigenvalue weighted by Gasteiger charge is -2.55. The molecule has 0 bridgehead atoms. The zero-order valence-electron chi connectivity index (χ0n) is 11.5. The highest BCUT2D eigenvalue weighted by molar-refractivity contribution is 5.92. The fourth-order valence-corrected chi connectivity index (χ4v) is 3.15. The number of nitrogens with one attached hydrogen (secondary N) is 1. The molecule has 1 spiro atoms. The number of nitrogens with zero attached hydrogens (tertiary/aromatic N) is 2. The number of hydrogen-bond acceptors (Lipinski definition) is 5. The molecule has 2 N–H and O–H groups in total. The Hall–Kier alpha value is -1.53. The normalized spacial score (nSPS) is 27.9. The highest BCUT2D eigenvalue weighted by Gasteiger charge is 2.55. The molecule has 1 aromatic heterocycles. The second kappa shape index (κ2) is 5.10. The van der Waals surface area contributed by atoms with Crippen LogP contribution in [0.1, 0.15) is 35.4 Å². The van der Waals surface area contributed by atoms with E-state index in [1.165, 1.54) is 0 Å². The second-order valence-electron chi connectivity index (χ2n) is 5.68. The third-order valence-corrected chi connectivity index (χ3v) is 4.58. The van der Waals surface area contributed by atoms with Crippen LogP contribution in [0.2, 0.25) is 0 Å². The van der Waals surface area contributed by atoms with Crippen LogP contribution < -0.4 is 5.32 Å². The molecule has 1 aliphatic heterocycles. The second-order valence-corrected chi connectivity index (χ2v) is 5.68. The number of aryl methyl sites for hydroxylation is 1. The Balaban J connectivity index is 1.68. The summed E-state index contributed by atoms with van der Waals surface area (Å²) in [6, 6.07) is 3.43. The number of aromatic nitrogens is 2. The molecule has 1 saturated heterocycles. The lowest BCUT2D eigenvalue weighted by atomic mass is 9.58. The van der Waals surface area contributed by atoms with Crippen molar-refractivity contribution in [2.45, 2.75) is 38.3 Å². The minimum Gasteiger partial charge on any atom is -0.392 e. The summed E-state index contributed by atoms with van der Waals surface area (Å²) < 4.78 is 5.35. The van der Waals surface area contributed by atoms with Crippen molar-refractivity contribution < 1.29 is 14.6 Å². The topological polar surface area (TPSA) is 84.3 Å². The number of carbonyl (C=O) groups is 1.